The Balaban J connectivity index is 1.70. The second kappa shape index (κ2) is 5.42. The van der Waals surface area contributed by atoms with Gasteiger partial charge in [-0.05, 0) is 29.7 Å². The first-order valence-corrected chi connectivity index (χ1v) is 6.57. The van der Waals surface area contributed by atoms with Crippen LogP contribution in [0.15, 0.2) is 30.3 Å². The van der Waals surface area contributed by atoms with E-state index in [0.717, 1.165) is 12.1 Å². The van der Waals surface area contributed by atoms with Crippen molar-refractivity contribution in [2.75, 3.05) is 6.54 Å². The molecule has 0 atom stereocenters. The first-order chi connectivity index (χ1) is 8.62. The number of amides is 1. The van der Waals surface area contributed by atoms with E-state index < -0.39 is 0 Å². The summed E-state index contributed by atoms with van der Waals surface area (Å²) < 4.78 is 5.18. The second-order valence-electron chi connectivity index (χ2n) is 5.43. The Kier molecular flexibility index (Phi) is 3.90. The zero-order valence-electron chi connectivity index (χ0n) is 11.1. The molecule has 1 aliphatic rings. The van der Waals surface area contributed by atoms with Gasteiger partial charge in [0.2, 0.25) is 0 Å². The molecule has 0 spiro atoms. The third kappa shape index (κ3) is 3.25. The van der Waals surface area contributed by atoms with Crippen LogP contribution >= 0.6 is 0 Å². The molecule has 98 valence electrons. The summed E-state index contributed by atoms with van der Waals surface area (Å²) in [5, 5.41) is 2.88. The summed E-state index contributed by atoms with van der Waals surface area (Å²) in [6.45, 7) is 5.49. The summed E-state index contributed by atoms with van der Waals surface area (Å²) in [5.74, 6) is 0.618. The van der Waals surface area contributed by atoms with Gasteiger partial charge in [0.05, 0.1) is 0 Å². The van der Waals surface area contributed by atoms with Crippen LogP contribution in [0.4, 0.5) is 4.79 Å². The standard InChI is InChI=1S/C15H21NO2/c1-12(2)15(8-9-15)11-16-14(17)18-10-13-6-4-3-5-7-13/h3-7,12H,8-11H2,1-2H3,(H,16,17). The first kappa shape index (κ1) is 12.9. The predicted octanol–water partition coefficient (Wildman–Crippen LogP) is 3.35. The van der Waals surface area contributed by atoms with Crippen molar-refractivity contribution in [2.24, 2.45) is 11.3 Å². The lowest BCUT2D eigenvalue weighted by atomic mass is 9.92. The lowest BCUT2D eigenvalue weighted by molar-refractivity contribution is 0.136. The van der Waals surface area contributed by atoms with Crippen molar-refractivity contribution in [2.45, 2.75) is 33.3 Å². The quantitative estimate of drug-likeness (QED) is 0.866. The van der Waals surface area contributed by atoms with Crippen LogP contribution in [0.1, 0.15) is 32.3 Å². The van der Waals surface area contributed by atoms with Crippen molar-refractivity contribution >= 4 is 6.09 Å². The molecule has 0 bridgehead atoms. The molecule has 3 nitrogen and oxygen atoms in total. The minimum absolute atomic E-state index is 0.314. The van der Waals surface area contributed by atoms with E-state index in [1.54, 1.807) is 0 Å². The van der Waals surface area contributed by atoms with Gasteiger partial charge in [-0.15, -0.1) is 0 Å². The largest absolute Gasteiger partial charge is 0.445 e. The smallest absolute Gasteiger partial charge is 0.407 e. The molecule has 1 saturated carbocycles. The number of alkyl carbamates (subject to hydrolysis) is 1. The van der Waals surface area contributed by atoms with E-state index in [2.05, 4.69) is 19.2 Å². The molecular formula is C15H21NO2. The highest BCUT2D eigenvalue weighted by Crippen LogP contribution is 2.51. The normalized spacial score (nSPS) is 16.4. The molecule has 0 saturated heterocycles. The van der Waals surface area contributed by atoms with Crippen molar-refractivity contribution in [3.05, 3.63) is 35.9 Å². The minimum atomic E-state index is -0.314. The van der Waals surface area contributed by atoms with Crippen LogP contribution in [-0.4, -0.2) is 12.6 Å². The Morgan fingerprint density at radius 3 is 2.56 bits per heavy atom. The van der Waals surface area contributed by atoms with Gasteiger partial charge in [-0.2, -0.15) is 0 Å². The average Bonchev–Trinajstić information content (AvgIpc) is 3.16. The van der Waals surface area contributed by atoms with Gasteiger partial charge in [0.1, 0.15) is 6.61 Å². The van der Waals surface area contributed by atoms with Crippen LogP contribution < -0.4 is 5.32 Å². The fourth-order valence-electron chi connectivity index (χ4n) is 2.14. The summed E-state index contributed by atoms with van der Waals surface area (Å²) in [4.78, 5) is 11.6. The number of rotatable bonds is 5. The predicted molar refractivity (Wildman–Crippen MR) is 71.1 cm³/mol. The first-order valence-electron chi connectivity index (χ1n) is 6.57. The number of nitrogens with one attached hydrogen (secondary N) is 1. The van der Waals surface area contributed by atoms with Crippen molar-refractivity contribution < 1.29 is 9.53 Å². The SMILES string of the molecule is CC(C)C1(CNC(=O)OCc2ccccc2)CC1. The van der Waals surface area contributed by atoms with Crippen LogP contribution in [0.5, 0.6) is 0 Å². The molecule has 0 heterocycles. The molecule has 1 N–H and O–H groups in total. The van der Waals surface area contributed by atoms with E-state index in [9.17, 15) is 4.79 Å². The maximum atomic E-state index is 11.6. The average molecular weight is 247 g/mol. The van der Waals surface area contributed by atoms with E-state index in [1.165, 1.54) is 12.8 Å². The zero-order valence-corrected chi connectivity index (χ0v) is 11.1. The van der Waals surface area contributed by atoms with Gasteiger partial charge >= 0.3 is 6.09 Å². The number of ether oxygens (including phenoxy) is 1. The maximum Gasteiger partial charge on any atom is 0.407 e. The van der Waals surface area contributed by atoms with Crippen LogP contribution in [0.25, 0.3) is 0 Å². The van der Waals surface area contributed by atoms with Gasteiger partial charge < -0.3 is 10.1 Å². The fraction of sp³-hybridized carbons (Fsp3) is 0.533. The van der Waals surface area contributed by atoms with Crippen molar-refractivity contribution in [1.29, 1.82) is 0 Å². The summed E-state index contributed by atoms with van der Waals surface area (Å²) in [7, 11) is 0. The van der Waals surface area contributed by atoms with E-state index >= 15 is 0 Å². The molecular weight excluding hydrogens is 226 g/mol. The van der Waals surface area contributed by atoms with Gasteiger partial charge in [-0.1, -0.05) is 44.2 Å². The second-order valence-corrected chi connectivity index (χ2v) is 5.43. The Morgan fingerprint density at radius 1 is 1.33 bits per heavy atom. The van der Waals surface area contributed by atoms with Crippen molar-refractivity contribution in [3.63, 3.8) is 0 Å². The molecule has 1 amide bonds. The van der Waals surface area contributed by atoms with Gasteiger partial charge in [-0.25, -0.2) is 4.79 Å². The Morgan fingerprint density at radius 2 is 2.00 bits per heavy atom. The molecule has 3 heteroatoms. The summed E-state index contributed by atoms with van der Waals surface area (Å²) in [6.07, 6.45) is 2.11. The molecule has 1 aromatic rings. The third-order valence-electron chi connectivity index (χ3n) is 3.91. The maximum absolute atomic E-state index is 11.6. The van der Waals surface area contributed by atoms with Crippen LogP contribution in [0.2, 0.25) is 0 Å². The van der Waals surface area contributed by atoms with E-state index in [4.69, 9.17) is 4.74 Å². The van der Waals surface area contributed by atoms with Crippen LogP contribution in [0.3, 0.4) is 0 Å². The number of carbonyl (C=O) groups is 1. The van der Waals surface area contributed by atoms with Crippen molar-refractivity contribution in [1.82, 2.24) is 5.32 Å². The van der Waals surface area contributed by atoms with E-state index in [-0.39, 0.29) is 6.09 Å². The molecule has 0 aliphatic heterocycles. The number of hydrogen-bond donors (Lipinski definition) is 1. The van der Waals surface area contributed by atoms with Gasteiger partial charge in [-0.3, -0.25) is 0 Å². The number of benzene rings is 1. The van der Waals surface area contributed by atoms with E-state index in [1.807, 2.05) is 30.3 Å². The topological polar surface area (TPSA) is 38.3 Å². The van der Waals surface area contributed by atoms with Crippen molar-refractivity contribution in [3.8, 4) is 0 Å². The van der Waals surface area contributed by atoms with Gasteiger partial charge in [0, 0.05) is 6.54 Å². The highest BCUT2D eigenvalue weighted by Gasteiger charge is 2.45. The van der Waals surface area contributed by atoms with E-state index in [0.29, 0.717) is 17.9 Å². The molecule has 0 unspecified atom stereocenters. The summed E-state index contributed by atoms with van der Waals surface area (Å²) >= 11 is 0. The van der Waals surface area contributed by atoms with Gasteiger partial charge in [0.15, 0.2) is 0 Å². The molecule has 1 aliphatic carbocycles. The fourth-order valence-corrected chi connectivity index (χ4v) is 2.14. The molecule has 1 aromatic carbocycles. The van der Waals surface area contributed by atoms with Crippen LogP contribution in [-0.2, 0) is 11.3 Å². The highest BCUT2D eigenvalue weighted by molar-refractivity contribution is 5.67. The third-order valence-corrected chi connectivity index (χ3v) is 3.91. The number of hydrogen-bond acceptors (Lipinski definition) is 2. The Labute approximate surface area is 109 Å². The van der Waals surface area contributed by atoms with Gasteiger partial charge in [0.25, 0.3) is 0 Å². The molecule has 0 radical (unpaired) electrons. The van der Waals surface area contributed by atoms with Crippen LogP contribution in [0, 0.1) is 11.3 Å². The lowest BCUT2D eigenvalue weighted by Crippen LogP contribution is -2.32. The Bertz CT molecular complexity index is 396. The Hall–Kier alpha value is -1.51. The molecule has 18 heavy (non-hydrogen) atoms. The summed E-state index contributed by atoms with van der Waals surface area (Å²) in [6, 6.07) is 9.72. The molecule has 2 rings (SSSR count). The molecule has 1 fully saturated rings. The monoisotopic (exact) mass is 247 g/mol. The highest BCUT2D eigenvalue weighted by atomic mass is 16.5. The summed E-state index contributed by atoms with van der Waals surface area (Å²) in [5.41, 5.74) is 1.34. The number of carbonyl (C=O) groups excluding carboxylic acids is 1. The molecule has 0 aromatic heterocycles. The minimum Gasteiger partial charge on any atom is -0.445 e. The lowest BCUT2D eigenvalue weighted by Gasteiger charge is -2.19. The zero-order chi connectivity index (χ0) is 13.0.